The molecule has 0 spiro atoms. The summed E-state index contributed by atoms with van der Waals surface area (Å²) in [4.78, 5) is 12.2. The van der Waals surface area contributed by atoms with E-state index in [9.17, 15) is 9.90 Å². The van der Waals surface area contributed by atoms with E-state index in [-0.39, 0.29) is 18.6 Å². The third-order valence-electron chi connectivity index (χ3n) is 3.09. The first-order chi connectivity index (χ1) is 8.75. The minimum atomic E-state index is -0.612. The summed E-state index contributed by atoms with van der Waals surface area (Å²) in [6.45, 7) is 0.657. The first-order valence-electron chi connectivity index (χ1n) is 5.78. The van der Waals surface area contributed by atoms with Gasteiger partial charge in [0.1, 0.15) is 0 Å². The number of nitrogens with one attached hydrogen (secondary N) is 1. The molecule has 1 aliphatic rings. The van der Waals surface area contributed by atoms with Crippen LogP contribution in [0.5, 0.6) is 0 Å². The van der Waals surface area contributed by atoms with Crippen molar-refractivity contribution in [1.82, 2.24) is 5.32 Å². The molecule has 1 aliphatic heterocycles. The summed E-state index contributed by atoms with van der Waals surface area (Å²) in [6, 6.07) is 7.48. The molecular weight excluding hydrogens is 250 g/mol. The molecule has 1 fully saturated rings. The highest BCUT2D eigenvalue weighted by Crippen LogP contribution is 2.25. The maximum atomic E-state index is 12.2. The van der Waals surface area contributed by atoms with Crippen LogP contribution in [-0.4, -0.2) is 36.4 Å². The largest absolute Gasteiger partial charge is 0.388 e. The monoisotopic (exact) mass is 263 g/mol. The zero-order valence-electron chi connectivity index (χ0n) is 9.63. The van der Waals surface area contributed by atoms with Crippen LogP contribution >= 0.6 is 11.3 Å². The number of carbonyl (C=O) groups is 1. The first-order valence-corrected chi connectivity index (χ1v) is 6.66. The Morgan fingerprint density at radius 2 is 2.22 bits per heavy atom. The molecule has 1 amide bonds. The summed E-state index contributed by atoms with van der Waals surface area (Å²) in [5.74, 6) is -0.151. The lowest BCUT2D eigenvalue weighted by atomic mass is 10.1. The Bertz CT molecular complexity index is 580. The number of thiophene rings is 1. The van der Waals surface area contributed by atoms with Crippen LogP contribution < -0.4 is 5.32 Å². The molecule has 94 valence electrons. The Kier molecular flexibility index (Phi) is 3.03. The lowest BCUT2D eigenvalue weighted by Crippen LogP contribution is -2.42. The maximum Gasteiger partial charge on any atom is 0.253 e. The van der Waals surface area contributed by atoms with Gasteiger partial charge in [-0.2, -0.15) is 0 Å². The van der Waals surface area contributed by atoms with Gasteiger partial charge in [-0.25, -0.2) is 0 Å². The smallest absolute Gasteiger partial charge is 0.253 e. The number of hydrogen-bond donors (Lipinski definition) is 2. The number of hydrogen-bond acceptors (Lipinski definition) is 4. The molecule has 1 aromatic carbocycles. The van der Waals surface area contributed by atoms with Crippen LogP contribution in [0, 0.1) is 0 Å². The van der Waals surface area contributed by atoms with E-state index in [4.69, 9.17) is 4.74 Å². The zero-order valence-corrected chi connectivity index (χ0v) is 10.4. The van der Waals surface area contributed by atoms with Crippen molar-refractivity contribution in [3.05, 3.63) is 35.2 Å². The van der Waals surface area contributed by atoms with Crippen molar-refractivity contribution in [2.75, 3.05) is 13.2 Å². The van der Waals surface area contributed by atoms with Gasteiger partial charge in [0.15, 0.2) is 0 Å². The van der Waals surface area contributed by atoms with Crippen molar-refractivity contribution < 1.29 is 14.6 Å². The van der Waals surface area contributed by atoms with Gasteiger partial charge in [-0.15, -0.1) is 11.3 Å². The molecule has 0 saturated carbocycles. The van der Waals surface area contributed by atoms with Crippen molar-refractivity contribution >= 4 is 27.3 Å². The predicted octanol–water partition coefficient (Wildman–Crippen LogP) is 1.39. The predicted molar refractivity (Wildman–Crippen MR) is 69.9 cm³/mol. The lowest BCUT2D eigenvalue weighted by Gasteiger charge is -2.14. The summed E-state index contributed by atoms with van der Waals surface area (Å²) >= 11 is 1.55. The highest BCUT2D eigenvalue weighted by atomic mass is 32.1. The highest BCUT2D eigenvalue weighted by molar-refractivity contribution is 7.17. The molecule has 18 heavy (non-hydrogen) atoms. The number of amides is 1. The summed E-state index contributed by atoms with van der Waals surface area (Å²) < 4.78 is 6.20. The molecule has 2 N–H and O–H groups in total. The van der Waals surface area contributed by atoms with E-state index in [0.717, 1.165) is 10.1 Å². The van der Waals surface area contributed by atoms with Gasteiger partial charge in [-0.1, -0.05) is 18.2 Å². The van der Waals surface area contributed by atoms with Crippen molar-refractivity contribution in [2.45, 2.75) is 12.1 Å². The topological polar surface area (TPSA) is 58.6 Å². The molecular formula is C13H13NO3S. The van der Waals surface area contributed by atoms with Crippen molar-refractivity contribution in [3.8, 4) is 0 Å². The minimum absolute atomic E-state index is 0.151. The molecule has 4 nitrogen and oxygen atoms in total. The molecule has 0 bridgehead atoms. The summed E-state index contributed by atoms with van der Waals surface area (Å²) in [5.41, 5.74) is 0.662. The standard InChI is InChI=1S/C13H13NO3S/c15-11-6-17-5-10(11)14-13(16)9-7-18-12-4-2-1-3-8(9)12/h1-4,7,10-11,15H,5-6H2,(H,14,16)/t10-,11-/m1/s1. The Morgan fingerprint density at radius 3 is 3.00 bits per heavy atom. The number of aliphatic hydroxyl groups is 1. The molecule has 1 saturated heterocycles. The molecule has 2 heterocycles. The molecule has 3 rings (SSSR count). The van der Waals surface area contributed by atoms with Crippen LogP contribution in [0.25, 0.3) is 10.1 Å². The Morgan fingerprint density at radius 1 is 1.39 bits per heavy atom. The fraction of sp³-hybridized carbons (Fsp3) is 0.308. The van der Waals surface area contributed by atoms with Crippen LogP contribution in [-0.2, 0) is 4.74 Å². The molecule has 2 aromatic rings. The van der Waals surface area contributed by atoms with Crippen LogP contribution in [0.15, 0.2) is 29.6 Å². The van der Waals surface area contributed by atoms with Crippen LogP contribution in [0.4, 0.5) is 0 Å². The van der Waals surface area contributed by atoms with E-state index >= 15 is 0 Å². The van der Waals surface area contributed by atoms with E-state index in [1.54, 1.807) is 11.3 Å². The zero-order chi connectivity index (χ0) is 12.5. The molecule has 2 atom stereocenters. The second kappa shape index (κ2) is 4.68. The third kappa shape index (κ3) is 2.01. The lowest BCUT2D eigenvalue weighted by molar-refractivity contribution is 0.0888. The van der Waals surface area contributed by atoms with Crippen LogP contribution in [0.2, 0.25) is 0 Å². The van der Waals surface area contributed by atoms with Gasteiger partial charge in [0.05, 0.1) is 30.9 Å². The number of rotatable bonds is 2. The fourth-order valence-corrected chi connectivity index (χ4v) is 3.02. The first kappa shape index (κ1) is 11.6. The Labute approximate surface area is 108 Å². The average molecular weight is 263 g/mol. The second-order valence-corrected chi connectivity index (χ2v) is 5.24. The Hall–Kier alpha value is -1.43. The van der Waals surface area contributed by atoms with Gasteiger partial charge in [0.2, 0.25) is 0 Å². The molecule has 5 heteroatoms. The minimum Gasteiger partial charge on any atom is -0.388 e. The number of benzene rings is 1. The Balaban J connectivity index is 1.84. The average Bonchev–Trinajstić information content (AvgIpc) is 2.96. The van der Waals surface area contributed by atoms with E-state index in [1.165, 1.54) is 0 Å². The van der Waals surface area contributed by atoms with Gasteiger partial charge < -0.3 is 15.2 Å². The third-order valence-corrected chi connectivity index (χ3v) is 4.06. The van der Waals surface area contributed by atoms with Crippen molar-refractivity contribution in [3.63, 3.8) is 0 Å². The number of aliphatic hydroxyl groups excluding tert-OH is 1. The van der Waals surface area contributed by atoms with Gasteiger partial charge in [-0.05, 0) is 6.07 Å². The summed E-state index contributed by atoms with van der Waals surface area (Å²) in [6.07, 6.45) is -0.612. The van der Waals surface area contributed by atoms with E-state index in [2.05, 4.69) is 5.32 Å². The van der Waals surface area contributed by atoms with Crippen LogP contribution in [0.3, 0.4) is 0 Å². The van der Waals surface area contributed by atoms with E-state index < -0.39 is 6.10 Å². The maximum absolute atomic E-state index is 12.2. The van der Waals surface area contributed by atoms with Gasteiger partial charge in [0, 0.05) is 15.5 Å². The number of ether oxygens (including phenoxy) is 1. The van der Waals surface area contributed by atoms with Crippen molar-refractivity contribution in [2.24, 2.45) is 0 Å². The SMILES string of the molecule is O=C(N[C@@H]1COC[C@H]1O)c1csc2ccccc12. The summed E-state index contributed by atoms with van der Waals surface area (Å²) in [7, 11) is 0. The molecule has 0 aliphatic carbocycles. The van der Waals surface area contributed by atoms with Crippen molar-refractivity contribution in [1.29, 1.82) is 0 Å². The second-order valence-electron chi connectivity index (χ2n) is 4.33. The van der Waals surface area contributed by atoms with E-state index in [1.807, 2.05) is 29.6 Å². The molecule has 0 unspecified atom stereocenters. The molecule has 0 radical (unpaired) electrons. The van der Waals surface area contributed by atoms with Gasteiger partial charge in [-0.3, -0.25) is 4.79 Å². The van der Waals surface area contributed by atoms with Crippen LogP contribution in [0.1, 0.15) is 10.4 Å². The number of fused-ring (bicyclic) bond motifs is 1. The quantitative estimate of drug-likeness (QED) is 0.861. The molecule has 1 aromatic heterocycles. The van der Waals surface area contributed by atoms with E-state index in [0.29, 0.717) is 12.2 Å². The van der Waals surface area contributed by atoms with Gasteiger partial charge in [0.25, 0.3) is 5.91 Å². The fourth-order valence-electron chi connectivity index (χ4n) is 2.08. The number of carbonyl (C=O) groups excluding carboxylic acids is 1. The van der Waals surface area contributed by atoms with Gasteiger partial charge >= 0.3 is 0 Å². The normalized spacial score (nSPS) is 23.4. The highest BCUT2D eigenvalue weighted by Gasteiger charge is 2.28. The summed E-state index contributed by atoms with van der Waals surface area (Å²) in [5, 5.41) is 15.2.